The van der Waals surface area contributed by atoms with E-state index in [2.05, 4.69) is 4.74 Å². The molecule has 1 rings (SSSR count). The summed E-state index contributed by atoms with van der Waals surface area (Å²) in [4.78, 5) is 0. The quantitative estimate of drug-likeness (QED) is 0.664. The smallest absolute Gasteiger partial charge is 0.381 e. The van der Waals surface area contributed by atoms with Gasteiger partial charge in [-0.1, -0.05) is 0 Å². The van der Waals surface area contributed by atoms with Gasteiger partial charge in [0.25, 0.3) is 0 Å². The normalized spacial score (nSPS) is 30.6. The van der Waals surface area contributed by atoms with Crippen LogP contribution in [-0.2, 0) is 4.74 Å². The minimum Gasteiger partial charge on any atom is -0.381 e. The van der Waals surface area contributed by atoms with Gasteiger partial charge in [0.05, 0.1) is 0 Å². The lowest BCUT2D eigenvalue weighted by Crippen LogP contribution is -2.42. The molecule has 3 nitrogen and oxygen atoms in total. The fourth-order valence-corrected chi connectivity index (χ4v) is 1.08. The summed E-state index contributed by atoms with van der Waals surface area (Å²) < 4.78 is 75.5. The van der Waals surface area contributed by atoms with E-state index in [1.807, 2.05) is 0 Å². The van der Waals surface area contributed by atoms with Crippen molar-refractivity contribution in [1.29, 1.82) is 0 Å². The molecule has 3 atom stereocenters. The fraction of sp³-hybridized carbons (Fsp3) is 1.00. The molecule has 0 aromatic rings. The summed E-state index contributed by atoms with van der Waals surface area (Å²) in [6.07, 6.45) is -17.1. The van der Waals surface area contributed by atoms with E-state index in [4.69, 9.17) is 5.11 Å². The zero-order valence-corrected chi connectivity index (χ0v) is 7.06. The highest BCUT2D eigenvalue weighted by Gasteiger charge is 2.52. The number of ether oxygens (including phenoxy) is 1. The van der Waals surface area contributed by atoms with Crippen molar-refractivity contribution in [3.63, 3.8) is 0 Å². The van der Waals surface area contributed by atoms with Gasteiger partial charge in [0.15, 0.2) is 6.10 Å². The van der Waals surface area contributed by atoms with Gasteiger partial charge in [-0.25, -0.2) is 0 Å². The number of alkyl halides is 6. The zero-order chi connectivity index (χ0) is 11.9. The molecule has 0 aromatic carbocycles. The molecule has 0 unspecified atom stereocenters. The standard InChI is InChI=1S/C6H7F6NO2/c7-5(8,9)3(14)2-1-13-4(15-2)6(10,11)12/h2-4,13-14H,1H2/t2-,3-,4+/m1/s1. The SMILES string of the molecule is O[C@H]([C@H]1CN[C@H](C(F)(F)F)O1)C(F)(F)F. The molecule has 1 aliphatic heterocycles. The van der Waals surface area contributed by atoms with Gasteiger partial charge in [0, 0.05) is 6.54 Å². The van der Waals surface area contributed by atoms with Gasteiger partial charge in [0.1, 0.15) is 6.10 Å². The fourth-order valence-electron chi connectivity index (χ4n) is 1.08. The summed E-state index contributed by atoms with van der Waals surface area (Å²) in [6, 6.07) is 0. The van der Waals surface area contributed by atoms with Crippen molar-refractivity contribution >= 4 is 0 Å². The van der Waals surface area contributed by atoms with Crippen molar-refractivity contribution in [3.8, 4) is 0 Å². The van der Waals surface area contributed by atoms with Crippen molar-refractivity contribution in [2.24, 2.45) is 0 Å². The Morgan fingerprint density at radius 3 is 2.07 bits per heavy atom. The van der Waals surface area contributed by atoms with Crippen LogP contribution in [0.2, 0.25) is 0 Å². The Kier molecular flexibility index (Phi) is 3.17. The molecule has 0 radical (unpaired) electrons. The third-order valence-electron chi connectivity index (χ3n) is 1.80. The molecular weight excluding hydrogens is 232 g/mol. The Labute approximate surface area is 80.0 Å². The van der Waals surface area contributed by atoms with Crippen molar-refractivity contribution in [2.45, 2.75) is 30.8 Å². The first-order valence-electron chi connectivity index (χ1n) is 3.82. The van der Waals surface area contributed by atoms with Crippen LogP contribution in [0.15, 0.2) is 0 Å². The van der Waals surface area contributed by atoms with Crippen LogP contribution in [0, 0.1) is 0 Å². The maximum Gasteiger partial charge on any atom is 0.428 e. The van der Waals surface area contributed by atoms with Crippen LogP contribution >= 0.6 is 0 Å². The highest BCUT2D eigenvalue weighted by atomic mass is 19.4. The molecular formula is C6H7F6NO2. The van der Waals surface area contributed by atoms with E-state index in [-0.39, 0.29) is 0 Å². The second kappa shape index (κ2) is 3.80. The molecule has 9 heteroatoms. The number of halogens is 6. The monoisotopic (exact) mass is 239 g/mol. The molecule has 1 heterocycles. The first-order valence-corrected chi connectivity index (χ1v) is 3.82. The predicted octanol–water partition coefficient (Wildman–Crippen LogP) is 0.786. The maximum absolute atomic E-state index is 11.9. The van der Waals surface area contributed by atoms with E-state index in [9.17, 15) is 26.3 Å². The Hall–Kier alpha value is -0.540. The average molecular weight is 239 g/mol. The summed E-state index contributed by atoms with van der Waals surface area (Å²) in [7, 11) is 0. The number of aliphatic hydroxyl groups is 1. The molecule has 0 amide bonds. The van der Waals surface area contributed by atoms with E-state index in [1.165, 1.54) is 0 Å². The third-order valence-corrected chi connectivity index (χ3v) is 1.80. The first kappa shape index (κ1) is 12.5. The Morgan fingerprint density at radius 1 is 1.20 bits per heavy atom. The first-order chi connectivity index (χ1) is 6.62. The molecule has 0 bridgehead atoms. The molecule has 0 spiro atoms. The van der Waals surface area contributed by atoms with E-state index < -0.39 is 37.3 Å². The lowest BCUT2D eigenvalue weighted by molar-refractivity contribution is -0.260. The molecule has 1 fully saturated rings. The van der Waals surface area contributed by atoms with Gasteiger partial charge in [0.2, 0.25) is 6.23 Å². The second-order valence-electron chi connectivity index (χ2n) is 2.99. The molecule has 0 aromatic heterocycles. The highest BCUT2D eigenvalue weighted by Crippen LogP contribution is 2.30. The van der Waals surface area contributed by atoms with Crippen molar-refractivity contribution in [1.82, 2.24) is 5.32 Å². The summed E-state index contributed by atoms with van der Waals surface area (Å²) in [6.45, 7) is -0.704. The van der Waals surface area contributed by atoms with Crippen molar-refractivity contribution < 1.29 is 36.2 Å². The molecule has 1 saturated heterocycles. The van der Waals surface area contributed by atoms with Crippen molar-refractivity contribution in [2.75, 3.05) is 6.54 Å². The largest absolute Gasteiger partial charge is 0.428 e. The van der Waals surface area contributed by atoms with Crippen LogP contribution in [-0.4, -0.2) is 42.4 Å². The summed E-state index contributed by atoms with van der Waals surface area (Å²) in [5, 5.41) is 10.3. The van der Waals surface area contributed by atoms with Gasteiger partial charge in [-0.05, 0) is 0 Å². The van der Waals surface area contributed by atoms with Crippen LogP contribution in [0.3, 0.4) is 0 Å². The summed E-state index contributed by atoms with van der Waals surface area (Å²) >= 11 is 0. The number of aliphatic hydroxyl groups excluding tert-OH is 1. The maximum atomic E-state index is 11.9. The second-order valence-corrected chi connectivity index (χ2v) is 2.99. The lowest BCUT2D eigenvalue weighted by atomic mass is 10.2. The summed E-state index contributed by atoms with van der Waals surface area (Å²) in [5.74, 6) is 0. The summed E-state index contributed by atoms with van der Waals surface area (Å²) in [5.41, 5.74) is 0. The molecule has 2 N–H and O–H groups in total. The van der Waals surface area contributed by atoms with E-state index in [1.54, 1.807) is 5.32 Å². The van der Waals surface area contributed by atoms with E-state index in [0.29, 0.717) is 0 Å². The molecule has 90 valence electrons. The number of nitrogens with one attached hydrogen (secondary N) is 1. The number of hydrogen-bond acceptors (Lipinski definition) is 3. The molecule has 15 heavy (non-hydrogen) atoms. The van der Waals surface area contributed by atoms with Crippen LogP contribution in [0.4, 0.5) is 26.3 Å². The topological polar surface area (TPSA) is 41.5 Å². The van der Waals surface area contributed by atoms with E-state index in [0.717, 1.165) is 0 Å². The minimum atomic E-state index is -4.99. The molecule has 0 saturated carbocycles. The number of hydrogen-bond donors (Lipinski definition) is 2. The Morgan fingerprint density at radius 2 is 1.73 bits per heavy atom. The molecule has 1 aliphatic rings. The van der Waals surface area contributed by atoms with Crippen LogP contribution in [0.25, 0.3) is 0 Å². The lowest BCUT2D eigenvalue weighted by Gasteiger charge is -2.21. The Bertz CT molecular complexity index is 227. The Balaban J connectivity index is 2.57. The van der Waals surface area contributed by atoms with Gasteiger partial charge >= 0.3 is 12.4 Å². The minimum absolute atomic E-state index is 0.704. The van der Waals surface area contributed by atoms with Gasteiger partial charge in [-0.2, -0.15) is 26.3 Å². The van der Waals surface area contributed by atoms with Gasteiger partial charge in [-0.3, -0.25) is 5.32 Å². The van der Waals surface area contributed by atoms with Crippen LogP contribution in [0.5, 0.6) is 0 Å². The van der Waals surface area contributed by atoms with Gasteiger partial charge < -0.3 is 9.84 Å². The predicted molar refractivity (Wildman–Crippen MR) is 34.8 cm³/mol. The van der Waals surface area contributed by atoms with Crippen LogP contribution < -0.4 is 5.32 Å². The van der Waals surface area contributed by atoms with E-state index >= 15 is 0 Å². The van der Waals surface area contributed by atoms with Crippen LogP contribution in [0.1, 0.15) is 0 Å². The third kappa shape index (κ3) is 2.95. The van der Waals surface area contributed by atoms with Gasteiger partial charge in [-0.15, -0.1) is 0 Å². The molecule has 0 aliphatic carbocycles. The average Bonchev–Trinajstić information content (AvgIpc) is 2.47. The van der Waals surface area contributed by atoms with Crippen molar-refractivity contribution in [3.05, 3.63) is 0 Å². The number of rotatable bonds is 1. The zero-order valence-electron chi connectivity index (χ0n) is 7.06. The highest BCUT2D eigenvalue weighted by molar-refractivity contribution is 4.86.